The van der Waals surface area contributed by atoms with Gasteiger partial charge in [0, 0.05) is 24.3 Å². The highest BCUT2D eigenvalue weighted by Gasteiger charge is 2.09. The number of rotatable bonds is 9. The van der Waals surface area contributed by atoms with Crippen molar-refractivity contribution in [2.45, 2.75) is 26.3 Å². The molecular formula is C23H28N4O2. The molecule has 1 aromatic heterocycles. The van der Waals surface area contributed by atoms with Crippen molar-refractivity contribution in [3.8, 4) is 11.5 Å². The van der Waals surface area contributed by atoms with Crippen molar-refractivity contribution in [3.05, 3.63) is 71.4 Å². The summed E-state index contributed by atoms with van der Waals surface area (Å²) >= 11 is 0. The Bertz CT molecular complexity index is 931. The van der Waals surface area contributed by atoms with Gasteiger partial charge in [-0.1, -0.05) is 30.3 Å². The SMILES string of the molecule is COc1ccc(OC)c(CCNc2nc(C)cc(N[C@@H](C)c3ccccc3)n2)c1. The first-order valence-electron chi connectivity index (χ1n) is 9.71. The van der Waals surface area contributed by atoms with Gasteiger partial charge in [0.05, 0.1) is 14.2 Å². The maximum Gasteiger partial charge on any atom is 0.224 e. The average molecular weight is 393 g/mol. The Kier molecular flexibility index (Phi) is 6.89. The number of nitrogens with one attached hydrogen (secondary N) is 2. The lowest BCUT2D eigenvalue weighted by Crippen LogP contribution is -2.12. The van der Waals surface area contributed by atoms with Crippen LogP contribution in [0.2, 0.25) is 0 Å². The van der Waals surface area contributed by atoms with E-state index in [1.165, 1.54) is 5.56 Å². The monoisotopic (exact) mass is 392 g/mol. The highest BCUT2D eigenvalue weighted by molar-refractivity contribution is 5.45. The molecule has 0 spiro atoms. The fourth-order valence-electron chi connectivity index (χ4n) is 3.15. The summed E-state index contributed by atoms with van der Waals surface area (Å²) in [4.78, 5) is 9.12. The van der Waals surface area contributed by atoms with Crippen LogP contribution in [0.4, 0.5) is 11.8 Å². The van der Waals surface area contributed by atoms with E-state index >= 15 is 0 Å². The van der Waals surface area contributed by atoms with Gasteiger partial charge in [-0.15, -0.1) is 0 Å². The molecule has 0 amide bonds. The van der Waals surface area contributed by atoms with Crippen LogP contribution in [0.15, 0.2) is 54.6 Å². The third kappa shape index (κ3) is 5.60. The minimum absolute atomic E-state index is 0.152. The number of ether oxygens (including phenoxy) is 2. The zero-order valence-electron chi connectivity index (χ0n) is 17.4. The molecule has 6 nitrogen and oxygen atoms in total. The highest BCUT2D eigenvalue weighted by atomic mass is 16.5. The van der Waals surface area contributed by atoms with Crippen molar-refractivity contribution in [2.24, 2.45) is 0 Å². The van der Waals surface area contributed by atoms with E-state index < -0.39 is 0 Å². The van der Waals surface area contributed by atoms with E-state index in [-0.39, 0.29) is 6.04 Å². The van der Waals surface area contributed by atoms with Gasteiger partial charge in [0.1, 0.15) is 17.3 Å². The molecule has 29 heavy (non-hydrogen) atoms. The number of anilines is 2. The number of aryl methyl sites for hydroxylation is 1. The lowest BCUT2D eigenvalue weighted by atomic mass is 10.1. The third-order valence-electron chi connectivity index (χ3n) is 4.68. The van der Waals surface area contributed by atoms with Crippen LogP contribution in [0, 0.1) is 6.92 Å². The van der Waals surface area contributed by atoms with Crippen molar-refractivity contribution in [1.82, 2.24) is 9.97 Å². The van der Waals surface area contributed by atoms with Crippen molar-refractivity contribution < 1.29 is 9.47 Å². The molecule has 6 heteroatoms. The van der Waals surface area contributed by atoms with Crippen LogP contribution < -0.4 is 20.1 Å². The Balaban J connectivity index is 1.65. The van der Waals surface area contributed by atoms with Crippen LogP contribution in [0.25, 0.3) is 0 Å². The second kappa shape index (κ2) is 9.78. The van der Waals surface area contributed by atoms with E-state index in [9.17, 15) is 0 Å². The Morgan fingerprint density at radius 2 is 1.76 bits per heavy atom. The van der Waals surface area contributed by atoms with Crippen molar-refractivity contribution in [2.75, 3.05) is 31.4 Å². The van der Waals surface area contributed by atoms with Crippen molar-refractivity contribution in [1.29, 1.82) is 0 Å². The van der Waals surface area contributed by atoms with Gasteiger partial charge in [-0.05, 0) is 49.6 Å². The smallest absolute Gasteiger partial charge is 0.224 e. The van der Waals surface area contributed by atoms with Gasteiger partial charge in [0.15, 0.2) is 0 Å². The van der Waals surface area contributed by atoms with Gasteiger partial charge >= 0.3 is 0 Å². The van der Waals surface area contributed by atoms with Crippen LogP contribution in [0.3, 0.4) is 0 Å². The second-order valence-corrected chi connectivity index (χ2v) is 6.85. The molecule has 0 aliphatic heterocycles. The van der Waals surface area contributed by atoms with E-state index in [2.05, 4.69) is 39.7 Å². The van der Waals surface area contributed by atoms with E-state index in [1.807, 2.05) is 49.4 Å². The summed E-state index contributed by atoms with van der Waals surface area (Å²) in [5, 5.41) is 6.77. The van der Waals surface area contributed by atoms with E-state index in [4.69, 9.17) is 9.47 Å². The zero-order chi connectivity index (χ0) is 20.6. The van der Waals surface area contributed by atoms with Crippen LogP contribution in [-0.2, 0) is 6.42 Å². The largest absolute Gasteiger partial charge is 0.497 e. The standard InChI is InChI=1S/C23H28N4O2/c1-16-14-22(26-17(2)18-8-6-5-7-9-18)27-23(25-16)24-13-12-19-15-20(28-3)10-11-21(19)29-4/h5-11,14-15,17H,12-13H2,1-4H3,(H2,24,25,26,27)/t17-/m0/s1. The van der Waals surface area contributed by atoms with Crippen LogP contribution in [-0.4, -0.2) is 30.7 Å². The fourth-order valence-corrected chi connectivity index (χ4v) is 3.15. The first kappa shape index (κ1) is 20.5. The Morgan fingerprint density at radius 1 is 0.966 bits per heavy atom. The summed E-state index contributed by atoms with van der Waals surface area (Å²) in [6.45, 7) is 4.77. The first-order valence-corrected chi connectivity index (χ1v) is 9.71. The molecule has 0 saturated heterocycles. The first-order chi connectivity index (χ1) is 14.1. The Hall–Kier alpha value is -3.28. The maximum atomic E-state index is 5.45. The quantitative estimate of drug-likeness (QED) is 0.553. The van der Waals surface area contributed by atoms with Gasteiger partial charge in [-0.3, -0.25) is 0 Å². The zero-order valence-corrected chi connectivity index (χ0v) is 17.4. The molecule has 0 fully saturated rings. The summed E-state index contributed by atoms with van der Waals surface area (Å²) in [6, 6.07) is 18.2. The molecule has 0 saturated carbocycles. The minimum Gasteiger partial charge on any atom is -0.497 e. The second-order valence-electron chi connectivity index (χ2n) is 6.85. The lowest BCUT2D eigenvalue weighted by molar-refractivity contribution is 0.399. The van der Waals surface area contributed by atoms with Crippen LogP contribution in [0.1, 0.15) is 29.8 Å². The highest BCUT2D eigenvalue weighted by Crippen LogP contribution is 2.24. The Morgan fingerprint density at radius 3 is 2.48 bits per heavy atom. The molecule has 2 N–H and O–H groups in total. The van der Waals surface area contributed by atoms with Crippen LogP contribution in [0.5, 0.6) is 11.5 Å². The minimum atomic E-state index is 0.152. The molecule has 0 aliphatic carbocycles. The van der Waals surface area contributed by atoms with Gasteiger partial charge in [0.2, 0.25) is 5.95 Å². The fraction of sp³-hybridized carbons (Fsp3) is 0.304. The van der Waals surface area contributed by atoms with E-state index in [1.54, 1.807) is 14.2 Å². The number of nitrogens with zero attached hydrogens (tertiary/aromatic N) is 2. The lowest BCUT2D eigenvalue weighted by Gasteiger charge is -2.16. The topological polar surface area (TPSA) is 68.3 Å². The number of benzene rings is 2. The average Bonchev–Trinajstić information content (AvgIpc) is 2.74. The van der Waals surface area contributed by atoms with Crippen molar-refractivity contribution in [3.63, 3.8) is 0 Å². The molecule has 0 unspecified atom stereocenters. The van der Waals surface area contributed by atoms with Crippen molar-refractivity contribution >= 4 is 11.8 Å². The molecular weight excluding hydrogens is 364 g/mol. The summed E-state index contributed by atoms with van der Waals surface area (Å²) in [6.07, 6.45) is 0.765. The predicted octanol–water partition coefficient (Wildman–Crippen LogP) is 4.63. The number of aromatic nitrogens is 2. The molecule has 0 aliphatic rings. The Labute approximate surface area is 172 Å². The number of hydrogen-bond acceptors (Lipinski definition) is 6. The van der Waals surface area contributed by atoms with Gasteiger partial charge in [0.25, 0.3) is 0 Å². The maximum absolute atomic E-state index is 5.45. The van der Waals surface area contributed by atoms with Gasteiger partial charge in [-0.2, -0.15) is 4.98 Å². The predicted molar refractivity (Wildman–Crippen MR) is 117 cm³/mol. The summed E-state index contributed by atoms with van der Waals surface area (Å²) in [5.41, 5.74) is 3.19. The normalized spacial score (nSPS) is 11.6. The van der Waals surface area contributed by atoms with Gasteiger partial charge in [-0.25, -0.2) is 4.98 Å². The third-order valence-corrected chi connectivity index (χ3v) is 4.68. The summed E-state index contributed by atoms with van der Waals surface area (Å²) in [7, 11) is 3.34. The molecule has 3 aromatic rings. The van der Waals surface area contributed by atoms with Gasteiger partial charge < -0.3 is 20.1 Å². The molecule has 1 atom stereocenters. The van der Waals surface area contributed by atoms with E-state index in [0.29, 0.717) is 12.5 Å². The van der Waals surface area contributed by atoms with E-state index in [0.717, 1.165) is 35.0 Å². The molecule has 2 aromatic carbocycles. The van der Waals surface area contributed by atoms with Crippen LogP contribution >= 0.6 is 0 Å². The molecule has 0 radical (unpaired) electrons. The molecule has 0 bridgehead atoms. The molecule has 3 rings (SSSR count). The number of hydrogen-bond donors (Lipinski definition) is 2. The molecule has 152 valence electrons. The molecule has 1 heterocycles. The number of methoxy groups -OCH3 is 2. The summed E-state index contributed by atoms with van der Waals surface area (Å²) in [5.74, 6) is 3.07. The summed E-state index contributed by atoms with van der Waals surface area (Å²) < 4.78 is 10.8.